The monoisotopic (exact) mass is 378 g/mol. The molecule has 0 radical (unpaired) electrons. The number of halogens is 2. The Morgan fingerprint density at radius 2 is 2.00 bits per heavy atom. The standard InChI is InChI=1S/C13H16BrFN2O3S/c1-21(19,20)13(4-6-16-7-5-13)12(18)17-9-2-3-10(14)11(15)8-9/h2-3,8,16H,4-7H2,1H3,(H,17,18). The van der Waals surface area contributed by atoms with Crippen LogP contribution in [0.3, 0.4) is 0 Å². The summed E-state index contributed by atoms with van der Waals surface area (Å²) >= 11 is 3.02. The molecule has 2 N–H and O–H groups in total. The van der Waals surface area contributed by atoms with Crippen molar-refractivity contribution < 1.29 is 17.6 Å². The average molecular weight is 379 g/mol. The smallest absolute Gasteiger partial charge is 0.245 e. The number of benzene rings is 1. The molecule has 1 amide bonds. The van der Waals surface area contributed by atoms with E-state index in [0.29, 0.717) is 13.1 Å². The van der Waals surface area contributed by atoms with Crippen molar-refractivity contribution in [3.05, 3.63) is 28.5 Å². The van der Waals surface area contributed by atoms with Gasteiger partial charge in [0.1, 0.15) is 5.82 Å². The molecule has 1 aromatic carbocycles. The van der Waals surface area contributed by atoms with Gasteiger partial charge in [-0.05, 0) is 60.1 Å². The molecule has 0 saturated carbocycles. The number of piperidine rings is 1. The van der Waals surface area contributed by atoms with Crippen molar-refractivity contribution in [3.8, 4) is 0 Å². The first-order valence-electron chi connectivity index (χ1n) is 6.43. The zero-order chi connectivity index (χ0) is 15.7. The van der Waals surface area contributed by atoms with E-state index >= 15 is 0 Å². The van der Waals surface area contributed by atoms with Crippen molar-refractivity contribution in [1.82, 2.24) is 5.32 Å². The molecule has 0 atom stereocenters. The second-order valence-corrected chi connectivity index (χ2v) is 8.28. The van der Waals surface area contributed by atoms with Crippen LogP contribution in [0.2, 0.25) is 0 Å². The number of carbonyl (C=O) groups is 1. The summed E-state index contributed by atoms with van der Waals surface area (Å²) in [5.41, 5.74) is 0.238. The number of hydrogen-bond acceptors (Lipinski definition) is 4. The number of hydrogen-bond donors (Lipinski definition) is 2. The van der Waals surface area contributed by atoms with Crippen LogP contribution in [0.15, 0.2) is 22.7 Å². The summed E-state index contributed by atoms with van der Waals surface area (Å²) in [5, 5.41) is 5.56. The Balaban J connectivity index is 2.29. The Morgan fingerprint density at radius 1 is 1.38 bits per heavy atom. The van der Waals surface area contributed by atoms with Crippen LogP contribution in [0.25, 0.3) is 0 Å². The third kappa shape index (κ3) is 3.27. The summed E-state index contributed by atoms with van der Waals surface area (Å²) in [4.78, 5) is 12.5. The Labute approximate surface area is 131 Å². The van der Waals surface area contributed by atoms with Crippen LogP contribution in [-0.4, -0.2) is 38.4 Å². The highest BCUT2D eigenvalue weighted by molar-refractivity contribution is 9.10. The number of nitrogens with one attached hydrogen (secondary N) is 2. The topological polar surface area (TPSA) is 75.3 Å². The maximum Gasteiger partial charge on any atom is 0.245 e. The fourth-order valence-electron chi connectivity index (χ4n) is 2.42. The molecule has 0 aliphatic carbocycles. The van der Waals surface area contributed by atoms with Gasteiger partial charge in [-0.1, -0.05) is 0 Å². The predicted octanol–water partition coefficient (Wildman–Crippen LogP) is 1.69. The third-order valence-electron chi connectivity index (χ3n) is 3.71. The molecule has 1 fully saturated rings. The molecule has 5 nitrogen and oxygen atoms in total. The molecule has 0 unspecified atom stereocenters. The Morgan fingerprint density at radius 3 is 2.52 bits per heavy atom. The number of amides is 1. The highest BCUT2D eigenvalue weighted by Gasteiger charge is 2.48. The molecule has 8 heteroatoms. The van der Waals surface area contributed by atoms with E-state index in [1.807, 2.05) is 0 Å². The van der Waals surface area contributed by atoms with Crippen molar-refractivity contribution in [1.29, 1.82) is 0 Å². The number of sulfone groups is 1. The normalized spacial score (nSPS) is 18.2. The quantitative estimate of drug-likeness (QED) is 0.838. The molecule has 116 valence electrons. The highest BCUT2D eigenvalue weighted by atomic mass is 79.9. The summed E-state index contributed by atoms with van der Waals surface area (Å²) < 4.78 is 36.5. The molecule has 21 heavy (non-hydrogen) atoms. The predicted molar refractivity (Wildman–Crippen MR) is 82.4 cm³/mol. The van der Waals surface area contributed by atoms with E-state index in [-0.39, 0.29) is 23.0 Å². The van der Waals surface area contributed by atoms with Crippen molar-refractivity contribution in [2.75, 3.05) is 24.7 Å². The highest BCUT2D eigenvalue weighted by Crippen LogP contribution is 2.30. The van der Waals surface area contributed by atoms with Crippen LogP contribution in [0.4, 0.5) is 10.1 Å². The van der Waals surface area contributed by atoms with Gasteiger partial charge >= 0.3 is 0 Å². The zero-order valence-corrected chi connectivity index (χ0v) is 13.9. The van der Waals surface area contributed by atoms with Crippen LogP contribution in [0.1, 0.15) is 12.8 Å². The Bertz CT molecular complexity index is 657. The lowest BCUT2D eigenvalue weighted by Crippen LogP contribution is -2.55. The van der Waals surface area contributed by atoms with Gasteiger partial charge in [0.25, 0.3) is 0 Å². The summed E-state index contributed by atoms with van der Waals surface area (Å²) in [7, 11) is -3.58. The van der Waals surface area contributed by atoms with E-state index in [2.05, 4.69) is 26.6 Å². The molecular formula is C13H16BrFN2O3S. The maximum atomic E-state index is 13.5. The van der Waals surface area contributed by atoms with Crippen molar-refractivity contribution in [2.45, 2.75) is 17.6 Å². The summed E-state index contributed by atoms with van der Waals surface area (Å²) in [5.74, 6) is -1.13. The lowest BCUT2D eigenvalue weighted by Gasteiger charge is -2.34. The van der Waals surface area contributed by atoms with E-state index < -0.39 is 26.3 Å². The van der Waals surface area contributed by atoms with Gasteiger partial charge in [-0.2, -0.15) is 0 Å². The van der Waals surface area contributed by atoms with Crippen molar-refractivity contribution in [2.24, 2.45) is 0 Å². The van der Waals surface area contributed by atoms with Gasteiger partial charge in [-0.25, -0.2) is 12.8 Å². The molecule has 1 heterocycles. The number of carbonyl (C=O) groups excluding carboxylic acids is 1. The minimum absolute atomic E-state index is 0.205. The van der Waals surface area contributed by atoms with E-state index in [0.717, 1.165) is 12.3 Å². The van der Waals surface area contributed by atoms with Crippen LogP contribution < -0.4 is 10.6 Å². The second-order valence-electron chi connectivity index (χ2n) is 5.10. The maximum absolute atomic E-state index is 13.5. The lowest BCUT2D eigenvalue weighted by atomic mass is 9.95. The molecule has 0 spiro atoms. The van der Waals surface area contributed by atoms with Crippen molar-refractivity contribution in [3.63, 3.8) is 0 Å². The molecule has 1 aromatic rings. The molecule has 1 aliphatic heterocycles. The minimum Gasteiger partial charge on any atom is -0.325 e. The van der Waals surface area contributed by atoms with Gasteiger partial charge in [0.2, 0.25) is 5.91 Å². The van der Waals surface area contributed by atoms with Gasteiger partial charge < -0.3 is 10.6 Å². The van der Waals surface area contributed by atoms with Gasteiger partial charge in [0, 0.05) is 11.9 Å². The van der Waals surface area contributed by atoms with E-state index in [1.165, 1.54) is 12.1 Å². The lowest BCUT2D eigenvalue weighted by molar-refractivity contribution is -0.119. The Hall–Kier alpha value is -0.990. The van der Waals surface area contributed by atoms with Gasteiger partial charge in [0.05, 0.1) is 4.47 Å². The fraction of sp³-hybridized carbons (Fsp3) is 0.462. The molecule has 1 aliphatic rings. The molecular weight excluding hydrogens is 363 g/mol. The second kappa shape index (κ2) is 6.02. The number of rotatable bonds is 3. The van der Waals surface area contributed by atoms with E-state index in [9.17, 15) is 17.6 Å². The first-order valence-corrected chi connectivity index (χ1v) is 9.11. The van der Waals surface area contributed by atoms with E-state index in [1.54, 1.807) is 0 Å². The van der Waals surface area contributed by atoms with Gasteiger partial charge in [-0.3, -0.25) is 4.79 Å². The largest absolute Gasteiger partial charge is 0.325 e. The molecule has 1 saturated heterocycles. The fourth-order valence-corrected chi connectivity index (χ4v) is 4.00. The van der Waals surface area contributed by atoms with Crippen molar-refractivity contribution >= 4 is 37.4 Å². The van der Waals surface area contributed by atoms with Crippen LogP contribution in [-0.2, 0) is 14.6 Å². The van der Waals surface area contributed by atoms with Crippen LogP contribution >= 0.6 is 15.9 Å². The average Bonchev–Trinajstić information content (AvgIpc) is 2.42. The number of anilines is 1. The Kier molecular flexibility index (Phi) is 4.69. The molecule has 0 aromatic heterocycles. The summed E-state index contributed by atoms with van der Waals surface area (Å²) in [6.45, 7) is 0.907. The van der Waals surface area contributed by atoms with E-state index in [4.69, 9.17) is 0 Å². The van der Waals surface area contributed by atoms with Crippen LogP contribution in [0, 0.1) is 5.82 Å². The summed E-state index contributed by atoms with van der Waals surface area (Å²) in [6, 6.07) is 4.13. The summed E-state index contributed by atoms with van der Waals surface area (Å²) in [6.07, 6.45) is 1.48. The zero-order valence-electron chi connectivity index (χ0n) is 11.4. The van der Waals surface area contributed by atoms with Gasteiger partial charge in [0.15, 0.2) is 14.6 Å². The SMILES string of the molecule is CS(=O)(=O)C1(C(=O)Nc2ccc(Br)c(F)c2)CCNCC1. The molecule has 2 rings (SSSR count). The third-order valence-corrected chi connectivity index (χ3v) is 6.37. The van der Waals surface area contributed by atoms with Crippen LogP contribution in [0.5, 0.6) is 0 Å². The van der Waals surface area contributed by atoms with Gasteiger partial charge in [-0.15, -0.1) is 0 Å². The minimum atomic E-state index is -3.58. The first-order chi connectivity index (χ1) is 9.76. The first kappa shape index (κ1) is 16.4. The molecule has 0 bridgehead atoms.